The minimum Gasteiger partial charge on any atom is -0.488 e. The van der Waals surface area contributed by atoms with Gasteiger partial charge in [0.05, 0.1) is 13.2 Å². The highest BCUT2D eigenvalue weighted by Gasteiger charge is 2.26. The maximum absolute atomic E-state index is 5.86. The third-order valence-corrected chi connectivity index (χ3v) is 3.75. The van der Waals surface area contributed by atoms with Gasteiger partial charge in [-0.3, -0.25) is 0 Å². The molecule has 1 heterocycles. The van der Waals surface area contributed by atoms with Gasteiger partial charge in [0.25, 0.3) is 5.88 Å². The van der Waals surface area contributed by atoms with Crippen LogP contribution in [0.4, 0.5) is 0 Å². The van der Waals surface area contributed by atoms with Crippen molar-refractivity contribution in [2.75, 3.05) is 19.8 Å². The largest absolute Gasteiger partial charge is 0.488 e. The van der Waals surface area contributed by atoms with Gasteiger partial charge in [-0.15, -0.1) is 0 Å². The molecule has 0 aromatic carbocycles. The summed E-state index contributed by atoms with van der Waals surface area (Å²) in [6.45, 7) is 4.23. The summed E-state index contributed by atoms with van der Waals surface area (Å²) < 4.78 is 11.5. The lowest BCUT2D eigenvalue weighted by Crippen LogP contribution is -2.23. The first-order valence-corrected chi connectivity index (χ1v) is 7.25. The van der Waals surface area contributed by atoms with Gasteiger partial charge in [-0.25, -0.2) is 4.98 Å². The van der Waals surface area contributed by atoms with E-state index in [1.165, 1.54) is 19.3 Å². The van der Waals surface area contributed by atoms with Crippen LogP contribution < -0.4 is 15.2 Å². The number of hydrogen-bond acceptors (Lipinski definition) is 4. The van der Waals surface area contributed by atoms with Crippen molar-refractivity contribution in [1.29, 1.82) is 0 Å². The Bertz CT molecular complexity index is 384. The molecule has 0 bridgehead atoms. The fourth-order valence-corrected chi connectivity index (χ4v) is 2.64. The van der Waals surface area contributed by atoms with Gasteiger partial charge in [0.1, 0.15) is 0 Å². The molecule has 0 amide bonds. The zero-order valence-corrected chi connectivity index (χ0v) is 11.7. The number of pyridine rings is 1. The van der Waals surface area contributed by atoms with E-state index in [1.54, 1.807) is 6.20 Å². The van der Waals surface area contributed by atoms with Crippen LogP contribution in [0.25, 0.3) is 0 Å². The Morgan fingerprint density at radius 2 is 2.16 bits per heavy atom. The topological polar surface area (TPSA) is 57.4 Å². The Balaban J connectivity index is 1.91. The van der Waals surface area contributed by atoms with E-state index in [0.29, 0.717) is 30.9 Å². The SMILES string of the molecule is CCCOc1cccnc1OCC1CCCC1CN. The number of hydrogen-bond donors (Lipinski definition) is 1. The summed E-state index contributed by atoms with van der Waals surface area (Å²) in [5.74, 6) is 2.51. The van der Waals surface area contributed by atoms with Crippen LogP contribution in [0.2, 0.25) is 0 Å². The highest BCUT2D eigenvalue weighted by molar-refractivity contribution is 5.32. The Hall–Kier alpha value is -1.29. The molecular weight excluding hydrogens is 240 g/mol. The Kier molecular flexibility index (Phi) is 5.45. The predicted octanol–water partition coefficient (Wildman–Crippen LogP) is 2.62. The van der Waals surface area contributed by atoms with Crippen LogP contribution in [-0.2, 0) is 0 Å². The third kappa shape index (κ3) is 3.83. The molecule has 1 fully saturated rings. The van der Waals surface area contributed by atoms with Crippen LogP contribution >= 0.6 is 0 Å². The first-order chi connectivity index (χ1) is 9.35. The molecular formula is C15H24N2O2. The molecule has 19 heavy (non-hydrogen) atoms. The summed E-state index contributed by atoms with van der Waals surface area (Å²) in [7, 11) is 0. The summed E-state index contributed by atoms with van der Waals surface area (Å²) in [5, 5.41) is 0. The van der Waals surface area contributed by atoms with Gasteiger partial charge in [-0.05, 0) is 49.8 Å². The minimum absolute atomic E-state index is 0.561. The van der Waals surface area contributed by atoms with Gasteiger partial charge < -0.3 is 15.2 Å². The molecule has 0 spiro atoms. The highest BCUT2D eigenvalue weighted by Crippen LogP contribution is 2.32. The van der Waals surface area contributed by atoms with Crippen LogP contribution in [0.5, 0.6) is 11.6 Å². The van der Waals surface area contributed by atoms with Crippen LogP contribution in [-0.4, -0.2) is 24.7 Å². The zero-order valence-electron chi connectivity index (χ0n) is 11.7. The average molecular weight is 264 g/mol. The molecule has 0 saturated heterocycles. The van der Waals surface area contributed by atoms with Gasteiger partial charge in [-0.1, -0.05) is 13.3 Å². The van der Waals surface area contributed by atoms with E-state index < -0.39 is 0 Å². The number of nitrogens with zero attached hydrogens (tertiary/aromatic N) is 1. The van der Waals surface area contributed by atoms with Crippen molar-refractivity contribution in [3.05, 3.63) is 18.3 Å². The molecule has 2 unspecified atom stereocenters. The Morgan fingerprint density at radius 3 is 2.95 bits per heavy atom. The van der Waals surface area contributed by atoms with E-state index in [-0.39, 0.29) is 0 Å². The summed E-state index contributed by atoms with van der Waals surface area (Å²) in [6.07, 6.45) is 6.42. The van der Waals surface area contributed by atoms with Crippen molar-refractivity contribution in [3.8, 4) is 11.6 Å². The van der Waals surface area contributed by atoms with Crippen molar-refractivity contribution >= 4 is 0 Å². The monoisotopic (exact) mass is 264 g/mol. The van der Waals surface area contributed by atoms with Crippen molar-refractivity contribution in [3.63, 3.8) is 0 Å². The van der Waals surface area contributed by atoms with Crippen LogP contribution in [0.1, 0.15) is 32.6 Å². The quantitative estimate of drug-likeness (QED) is 0.822. The van der Waals surface area contributed by atoms with Gasteiger partial charge in [0, 0.05) is 6.20 Å². The predicted molar refractivity (Wildman–Crippen MR) is 75.4 cm³/mol. The number of ether oxygens (including phenoxy) is 2. The molecule has 4 heteroatoms. The van der Waals surface area contributed by atoms with E-state index in [1.807, 2.05) is 12.1 Å². The summed E-state index contributed by atoms with van der Waals surface area (Å²) in [5.41, 5.74) is 5.79. The maximum atomic E-state index is 5.86. The standard InChI is InChI=1S/C15H24N2O2/c1-2-9-18-14-7-4-8-17-15(14)19-11-13-6-3-5-12(13)10-16/h4,7-8,12-13H,2-3,5-6,9-11,16H2,1H3. The molecule has 106 valence electrons. The number of aromatic nitrogens is 1. The van der Waals surface area contributed by atoms with E-state index >= 15 is 0 Å². The fraction of sp³-hybridized carbons (Fsp3) is 0.667. The number of rotatable bonds is 7. The molecule has 0 radical (unpaired) electrons. The summed E-state index contributed by atoms with van der Waals surface area (Å²) in [4.78, 5) is 4.26. The lowest BCUT2D eigenvalue weighted by molar-refractivity contribution is 0.197. The van der Waals surface area contributed by atoms with Crippen LogP contribution in [0.15, 0.2) is 18.3 Å². The van der Waals surface area contributed by atoms with Gasteiger partial charge >= 0.3 is 0 Å². The van der Waals surface area contributed by atoms with Crippen LogP contribution in [0.3, 0.4) is 0 Å². The molecule has 1 aromatic rings. The average Bonchev–Trinajstić information content (AvgIpc) is 2.91. The van der Waals surface area contributed by atoms with Gasteiger partial charge in [0.2, 0.25) is 0 Å². The van der Waals surface area contributed by atoms with E-state index in [0.717, 1.165) is 18.7 Å². The molecule has 1 saturated carbocycles. The lowest BCUT2D eigenvalue weighted by atomic mass is 9.97. The van der Waals surface area contributed by atoms with Gasteiger partial charge in [0.15, 0.2) is 5.75 Å². The number of nitrogens with two attached hydrogens (primary N) is 1. The van der Waals surface area contributed by atoms with Crippen LogP contribution in [0, 0.1) is 11.8 Å². The molecule has 1 aliphatic rings. The second-order valence-corrected chi connectivity index (χ2v) is 5.15. The first-order valence-electron chi connectivity index (χ1n) is 7.25. The third-order valence-electron chi connectivity index (χ3n) is 3.75. The lowest BCUT2D eigenvalue weighted by Gasteiger charge is -2.18. The molecule has 2 atom stereocenters. The smallest absolute Gasteiger partial charge is 0.256 e. The molecule has 4 nitrogen and oxygen atoms in total. The van der Waals surface area contributed by atoms with Crippen molar-refractivity contribution in [2.24, 2.45) is 17.6 Å². The highest BCUT2D eigenvalue weighted by atomic mass is 16.5. The molecule has 2 rings (SSSR count). The van der Waals surface area contributed by atoms with Gasteiger partial charge in [-0.2, -0.15) is 0 Å². The maximum Gasteiger partial charge on any atom is 0.256 e. The molecule has 1 aromatic heterocycles. The van der Waals surface area contributed by atoms with Crippen molar-refractivity contribution in [1.82, 2.24) is 4.98 Å². The summed E-state index contributed by atoms with van der Waals surface area (Å²) >= 11 is 0. The summed E-state index contributed by atoms with van der Waals surface area (Å²) in [6, 6.07) is 3.78. The fourth-order valence-electron chi connectivity index (χ4n) is 2.64. The molecule has 0 aliphatic heterocycles. The Morgan fingerprint density at radius 1 is 1.32 bits per heavy atom. The van der Waals surface area contributed by atoms with E-state index in [4.69, 9.17) is 15.2 Å². The normalized spacial score (nSPS) is 22.4. The second kappa shape index (κ2) is 7.34. The second-order valence-electron chi connectivity index (χ2n) is 5.15. The molecule has 2 N–H and O–H groups in total. The molecule has 1 aliphatic carbocycles. The van der Waals surface area contributed by atoms with E-state index in [9.17, 15) is 0 Å². The minimum atomic E-state index is 0.561. The van der Waals surface area contributed by atoms with Crippen molar-refractivity contribution < 1.29 is 9.47 Å². The van der Waals surface area contributed by atoms with Crippen molar-refractivity contribution in [2.45, 2.75) is 32.6 Å². The van der Waals surface area contributed by atoms with E-state index in [2.05, 4.69) is 11.9 Å². The Labute approximate surface area is 115 Å². The zero-order chi connectivity index (χ0) is 13.5. The first kappa shape index (κ1) is 14.1.